The molecule has 0 amide bonds. The van der Waals surface area contributed by atoms with Crippen molar-refractivity contribution in [2.75, 3.05) is 49.2 Å². The predicted molar refractivity (Wildman–Crippen MR) is 146 cm³/mol. The van der Waals surface area contributed by atoms with Crippen LogP contribution in [0.25, 0.3) is 0 Å². The zero-order chi connectivity index (χ0) is 21.4. The molecular weight excluding hydrogens is 519 g/mol. The fourth-order valence-corrected chi connectivity index (χ4v) is 5.29. The van der Waals surface area contributed by atoms with Gasteiger partial charge in [0.2, 0.25) is 0 Å². The highest BCUT2D eigenvalue weighted by Gasteiger charge is 2.35. The Labute approximate surface area is 210 Å². The SMILES string of the molecule is CCNC(=NCc1ccc(N2CCSCC2)cc1)NCC1CCCOC1C(C)(C)C.I. The van der Waals surface area contributed by atoms with Crippen molar-refractivity contribution in [2.24, 2.45) is 16.3 Å². The molecule has 176 valence electrons. The highest BCUT2D eigenvalue weighted by Crippen LogP contribution is 2.33. The second-order valence-electron chi connectivity index (χ2n) is 9.40. The van der Waals surface area contributed by atoms with E-state index in [2.05, 4.69) is 67.5 Å². The predicted octanol–water partition coefficient (Wildman–Crippen LogP) is 4.75. The average molecular weight is 561 g/mol. The van der Waals surface area contributed by atoms with Crippen molar-refractivity contribution in [2.45, 2.75) is 53.2 Å². The molecule has 1 aromatic rings. The van der Waals surface area contributed by atoms with Crippen LogP contribution in [0.4, 0.5) is 5.69 Å². The van der Waals surface area contributed by atoms with Crippen LogP contribution in [0.2, 0.25) is 0 Å². The van der Waals surface area contributed by atoms with Gasteiger partial charge in [-0.3, -0.25) is 0 Å². The van der Waals surface area contributed by atoms with Crippen molar-refractivity contribution in [3.05, 3.63) is 29.8 Å². The van der Waals surface area contributed by atoms with E-state index in [1.54, 1.807) is 0 Å². The quantitative estimate of drug-likeness (QED) is 0.299. The molecule has 2 fully saturated rings. The minimum atomic E-state index is 0. The van der Waals surface area contributed by atoms with Crippen LogP contribution >= 0.6 is 35.7 Å². The average Bonchev–Trinajstić information content (AvgIpc) is 2.76. The number of ether oxygens (including phenoxy) is 1. The second-order valence-corrected chi connectivity index (χ2v) is 10.6. The zero-order valence-electron chi connectivity index (χ0n) is 19.7. The third kappa shape index (κ3) is 8.31. The van der Waals surface area contributed by atoms with E-state index in [0.717, 1.165) is 45.2 Å². The van der Waals surface area contributed by atoms with Gasteiger partial charge >= 0.3 is 0 Å². The number of hydrogen-bond donors (Lipinski definition) is 2. The summed E-state index contributed by atoms with van der Waals surface area (Å²) in [6.45, 7) is 14.6. The largest absolute Gasteiger partial charge is 0.377 e. The lowest BCUT2D eigenvalue weighted by atomic mass is 9.78. The van der Waals surface area contributed by atoms with Crippen LogP contribution in [0.3, 0.4) is 0 Å². The molecule has 2 heterocycles. The summed E-state index contributed by atoms with van der Waals surface area (Å²) in [5.41, 5.74) is 2.74. The van der Waals surface area contributed by atoms with Crippen LogP contribution < -0.4 is 15.5 Å². The maximum absolute atomic E-state index is 6.13. The Kier molecular flexibility index (Phi) is 11.3. The Balaban J connectivity index is 0.00000341. The molecule has 0 aromatic heterocycles. The number of hydrogen-bond acceptors (Lipinski definition) is 4. The van der Waals surface area contributed by atoms with E-state index >= 15 is 0 Å². The topological polar surface area (TPSA) is 48.9 Å². The minimum absolute atomic E-state index is 0. The van der Waals surface area contributed by atoms with Gasteiger partial charge in [0.15, 0.2) is 5.96 Å². The Hall–Kier alpha value is -0.670. The standard InChI is InChI=1S/C24H40N4OS.HI/c1-5-25-23(27-18-20-7-6-14-29-22(20)24(2,3)4)26-17-19-8-10-21(11-9-19)28-12-15-30-16-13-28;/h8-11,20,22H,5-7,12-18H2,1-4H3,(H2,25,26,27);1H. The van der Waals surface area contributed by atoms with Crippen molar-refractivity contribution in [1.82, 2.24) is 10.6 Å². The first-order valence-electron chi connectivity index (χ1n) is 11.5. The first kappa shape index (κ1) is 26.6. The Morgan fingerprint density at radius 1 is 1.16 bits per heavy atom. The number of nitrogens with one attached hydrogen (secondary N) is 2. The summed E-state index contributed by atoms with van der Waals surface area (Å²) in [6.07, 6.45) is 2.65. The number of anilines is 1. The van der Waals surface area contributed by atoms with E-state index in [-0.39, 0.29) is 29.4 Å². The third-order valence-electron chi connectivity index (χ3n) is 5.91. The van der Waals surface area contributed by atoms with Crippen LogP contribution in [0, 0.1) is 11.3 Å². The van der Waals surface area contributed by atoms with Crippen molar-refractivity contribution in [3.63, 3.8) is 0 Å². The molecule has 0 radical (unpaired) electrons. The molecule has 3 rings (SSSR count). The van der Waals surface area contributed by atoms with Gasteiger partial charge in [-0.2, -0.15) is 11.8 Å². The van der Waals surface area contributed by atoms with Crippen molar-refractivity contribution >= 4 is 47.4 Å². The van der Waals surface area contributed by atoms with Gasteiger partial charge in [0.05, 0.1) is 12.6 Å². The number of benzene rings is 1. The summed E-state index contributed by atoms with van der Waals surface area (Å²) in [6, 6.07) is 8.92. The summed E-state index contributed by atoms with van der Waals surface area (Å²) in [4.78, 5) is 7.31. The normalized spacial score (nSPS) is 22.6. The minimum Gasteiger partial charge on any atom is -0.377 e. The third-order valence-corrected chi connectivity index (χ3v) is 6.85. The Bertz CT molecular complexity index is 671. The monoisotopic (exact) mass is 560 g/mol. The summed E-state index contributed by atoms with van der Waals surface area (Å²) in [5.74, 6) is 3.87. The second kappa shape index (κ2) is 13.1. The molecule has 2 atom stereocenters. The van der Waals surface area contributed by atoms with Gasteiger partial charge in [-0.25, -0.2) is 4.99 Å². The summed E-state index contributed by atoms with van der Waals surface area (Å²) in [5, 5.41) is 6.97. The number of aliphatic imine (C=N–C) groups is 1. The van der Waals surface area contributed by atoms with E-state index in [9.17, 15) is 0 Å². The number of nitrogens with zero attached hydrogens (tertiary/aromatic N) is 2. The molecule has 0 aliphatic carbocycles. The molecule has 0 spiro atoms. The van der Waals surface area contributed by atoms with E-state index in [0.29, 0.717) is 18.6 Å². The Morgan fingerprint density at radius 2 is 1.87 bits per heavy atom. The molecule has 2 saturated heterocycles. The van der Waals surface area contributed by atoms with Crippen LogP contribution in [0.1, 0.15) is 46.1 Å². The lowest BCUT2D eigenvalue weighted by molar-refractivity contribution is -0.0835. The number of thioether (sulfide) groups is 1. The van der Waals surface area contributed by atoms with Crippen LogP contribution in [-0.2, 0) is 11.3 Å². The van der Waals surface area contributed by atoms with E-state index in [1.165, 1.54) is 29.2 Å². The number of rotatable bonds is 6. The smallest absolute Gasteiger partial charge is 0.191 e. The van der Waals surface area contributed by atoms with Gasteiger partial charge in [-0.1, -0.05) is 32.9 Å². The highest BCUT2D eigenvalue weighted by atomic mass is 127. The van der Waals surface area contributed by atoms with Crippen molar-refractivity contribution < 1.29 is 4.74 Å². The molecule has 1 aromatic carbocycles. The maximum Gasteiger partial charge on any atom is 0.191 e. The first-order chi connectivity index (χ1) is 14.5. The van der Waals surface area contributed by atoms with Gasteiger partial charge in [0.1, 0.15) is 0 Å². The molecule has 0 saturated carbocycles. The zero-order valence-corrected chi connectivity index (χ0v) is 22.8. The van der Waals surface area contributed by atoms with Crippen molar-refractivity contribution in [1.29, 1.82) is 0 Å². The van der Waals surface area contributed by atoms with Crippen LogP contribution in [0.5, 0.6) is 0 Å². The molecule has 2 aliphatic rings. The molecular formula is C24H41IN4OS. The van der Waals surface area contributed by atoms with Crippen molar-refractivity contribution in [3.8, 4) is 0 Å². The van der Waals surface area contributed by atoms with Crippen LogP contribution in [0.15, 0.2) is 29.3 Å². The lowest BCUT2D eigenvalue weighted by Gasteiger charge is -2.40. The van der Waals surface area contributed by atoms with Gasteiger partial charge in [0, 0.05) is 55.9 Å². The lowest BCUT2D eigenvalue weighted by Crippen LogP contribution is -2.47. The van der Waals surface area contributed by atoms with Gasteiger partial charge in [-0.05, 0) is 42.9 Å². The molecule has 2 aliphatic heterocycles. The summed E-state index contributed by atoms with van der Waals surface area (Å²) < 4.78 is 6.13. The Morgan fingerprint density at radius 3 is 2.52 bits per heavy atom. The fraction of sp³-hybridized carbons (Fsp3) is 0.708. The van der Waals surface area contributed by atoms with Crippen LogP contribution in [-0.4, -0.2) is 56.4 Å². The molecule has 31 heavy (non-hydrogen) atoms. The fourth-order valence-electron chi connectivity index (χ4n) is 4.38. The molecule has 7 heteroatoms. The number of guanidine groups is 1. The van der Waals surface area contributed by atoms with E-state index in [1.807, 2.05) is 11.8 Å². The summed E-state index contributed by atoms with van der Waals surface area (Å²) >= 11 is 2.05. The highest BCUT2D eigenvalue weighted by molar-refractivity contribution is 14.0. The summed E-state index contributed by atoms with van der Waals surface area (Å²) in [7, 11) is 0. The molecule has 0 bridgehead atoms. The van der Waals surface area contributed by atoms with Gasteiger partial charge in [0.25, 0.3) is 0 Å². The molecule has 2 N–H and O–H groups in total. The van der Waals surface area contributed by atoms with Gasteiger partial charge < -0.3 is 20.3 Å². The van der Waals surface area contributed by atoms with E-state index in [4.69, 9.17) is 9.73 Å². The number of halogens is 1. The maximum atomic E-state index is 6.13. The van der Waals surface area contributed by atoms with E-state index < -0.39 is 0 Å². The van der Waals surface area contributed by atoms with Gasteiger partial charge in [-0.15, -0.1) is 24.0 Å². The molecule has 5 nitrogen and oxygen atoms in total. The first-order valence-corrected chi connectivity index (χ1v) is 12.7. The molecule has 2 unspecified atom stereocenters.